The molecule has 25 heavy (non-hydrogen) atoms. The van der Waals surface area contributed by atoms with Gasteiger partial charge in [-0.05, 0) is 55.3 Å². The Morgan fingerprint density at radius 1 is 1.16 bits per heavy atom. The van der Waals surface area contributed by atoms with Crippen molar-refractivity contribution in [1.29, 1.82) is 0 Å². The van der Waals surface area contributed by atoms with E-state index in [0.717, 1.165) is 19.3 Å². The van der Waals surface area contributed by atoms with Gasteiger partial charge in [-0.3, -0.25) is 0 Å². The summed E-state index contributed by atoms with van der Waals surface area (Å²) in [7, 11) is 0. The summed E-state index contributed by atoms with van der Waals surface area (Å²) in [4.78, 5) is 0. The van der Waals surface area contributed by atoms with Gasteiger partial charge in [0.1, 0.15) is 5.60 Å². The first-order chi connectivity index (χ1) is 11.5. The van der Waals surface area contributed by atoms with Crippen LogP contribution in [0.5, 0.6) is 0 Å². The standard InChI is InChI=1S/C20H32O5/c1-10(8-21)12-7-13-16(2)9-19(23)18(12,4)20(13,24)15(25-19)14-11(16)5-6-17(14,3)22/h10-15,21-24H,5-9H2,1-4H3/t10-,11-,12-,13-,14+,15+,16-,17-,18+,19-,20+/m0/s1. The van der Waals surface area contributed by atoms with Crippen LogP contribution in [-0.4, -0.2) is 50.1 Å². The lowest BCUT2D eigenvalue weighted by Crippen LogP contribution is -2.71. The Labute approximate surface area is 149 Å². The molecule has 5 heteroatoms. The van der Waals surface area contributed by atoms with Crippen LogP contribution in [0.2, 0.25) is 0 Å². The Bertz CT molecular complexity index is 636. The molecule has 4 N–H and O–H groups in total. The average Bonchev–Trinajstić information content (AvgIpc) is 2.95. The summed E-state index contributed by atoms with van der Waals surface area (Å²) in [5, 5.41) is 44.7. The zero-order chi connectivity index (χ0) is 18.2. The molecule has 0 aromatic rings. The number of aliphatic hydroxyl groups is 4. The highest BCUT2D eigenvalue weighted by atomic mass is 16.7. The van der Waals surface area contributed by atoms with E-state index >= 15 is 0 Å². The van der Waals surface area contributed by atoms with Crippen molar-refractivity contribution in [3.63, 3.8) is 0 Å². The second kappa shape index (κ2) is 4.27. The topological polar surface area (TPSA) is 90.2 Å². The molecule has 0 unspecified atom stereocenters. The van der Waals surface area contributed by atoms with Gasteiger partial charge in [-0.2, -0.15) is 0 Å². The van der Waals surface area contributed by atoms with Gasteiger partial charge in [0, 0.05) is 18.9 Å². The van der Waals surface area contributed by atoms with Gasteiger partial charge in [-0.15, -0.1) is 0 Å². The first kappa shape index (κ1) is 16.9. The summed E-state index contributed by atoms with van der Waals surface area (Å²) in [6.45, 7) is 8.08. The van der Waals surface area contributed by atoms with Crippen LogP contribution in [0.15, 0.2) is 0 Å². The Morgan fingerprint density at radius 2 is 1.84 bits per heavy atom. The molecule has 142 valence electrons. The van der Waals surface area contributed by atoms with Crippen molar-refractivity contribution in [2.75, 3.05) is 6.61 Å². The molecule has 4 saturated carbocycles. The fraction of sp³-hybridized carbons (Fsp3) is 1.00. The van der Waals surface area contributed by atoms with Gasteiger partial charge < -0.3 is 25.2 Å². The van der Waals surface area contributed by atoms with Gasteiger partial charge >= 0.3 is 0 Å². The average molecular weight is 352 g/mol. The first-order valence-electron chi connectivity index (χ1n) is 9.93. The fourth-order valence-corrected chi connectivity index (χ4v) is 8.65. The number of hydrogen-bond acceptors (Lipinski definition) is 5. The van der Waals surface area contributed by atoms with Crippen molar-refractivity contribution in [3.8, 4) is 0 Å². The minimum atomic E-state index is -1.39. The zero-order valence-corrected chi connectivity index (χ0v) is 15.7. The van der Waals surface area contributed by atoms with E-state index in [1.54, 1.807) is 0 Å². The molecule has 1 aliphatic heterocycles. The van der Waals surface area contributed by atoms with E-state index in [-0.39, 0.29) is 41.6 Å². The molecule has 1 heterocycles. The van der Waals surface area contributed by atoms with Crippen molar-refractivity contribution in [2.24, 2.45) is 40.4 Å². The van der Waals surface area contributed by atoms with Crippen LogP contribution in [0.1, 0.15) is 53.4 Å². The van der Waals surface area contributed by atoms with E-state index in [4.69, 9.17) is 4.74 Å². The number of hydrogen-bond donors (Lipinski definition) is 4. The Hall–Kier alpha value is -0.200. The monoisotopic (exact) mass is 352 g/mol. The van der Waals surface area contributed by atoms with Gasteiger partial charge in [0.25, 0.3) is 0 Å². The molecule has 11 atom stereocenters. The van der Waals surface area contributed by atoms with Gasteiger partial charge in [-0.25, -0.2) is 0 Å². The third-order valence-electron chi connectivity index (χ3n) is 9.84. The molecule has 4 aliphatic carbocycles. The lowest BCUT2D eigenvalue weighted by molar-refractivity contribution is -0.283. The lowest BCUT2D eigenvalue weighted by Gasteiger charge is -2.62. The van der Waals surface area contributed by atoms with Crippen LogP contribution in [0.3, 0.4) is 0 Å². The van der Waals surface area contributed by atoms with Crippen LogP contribution >= 0.6 is 0 Å². The van der Waals surface area contributed by atoms with E-state index in [9.17, 15) is 20.4 Å². The van der Waals surface area contributed by atoms with Crippen molar-refractivity contribution >= 4 is 0 Å². The van der Waals surface area contributed by atoms with Crippen LogP contribution in [0.25, 0.3) is 0 Å². The Kier molecular flexibility index (Phi) is 2.90. The van der Waals surface area contributed by atoms with Crippen LogP contribution < -0.4 is 0 Å². The molecule has 0 spiro atoms. The molecular weight excluding hydrogens is 320 g/mol. The molecule has 1 saturated heterocycles. The molecule has 5 bridgehead atoms. The molecule has 0 aromatic heterocycles. The number of fused-ring (bicyclic) bond motifs is 3. The molecule has 5 rings (SSSR count). The molecule has 0 radical (unpaired) electrons. The number of aliphatic hydroxyl groups excluding tert-OH is 1. The maximum atomic E-state index is 12.1. The molecule has 0 aromatic carbocycles. The minimum absolute atomic E-state index is 0.00352. The molecule has 5 aliphatic rings. The summed E-state index contributed by atoms with van der Waals surface area (Å²) < 4.78 is 6.31. The smallest absolute Gasteiger partial charge is 0.175 e. The highest BCUT2D eigenvalue weighted by Crippen LogP contribution is 2.82. The highest BCUT2D eigenvalue weighted by Gasteiger charge is 2.89. The number of rotatable bonds is 2. The quantitative estimate of drug-likeness (QED) is 0.601. The SMILES string of the molecule is C[C@@H](CO)[C@@H]1C[C@H]2[C@@]3(C)C[C@]4(O)O[C@H]([C@H]5[C@@H]3CC[C@]5(C)O)[C@@]2(O)[C@]14C. The predicted octanol–water partition coefficient (Wildman–Crippen LogP) is 1.28. The third kappa shape index (κ3) is 1.43. The van der Waals surface area contributed by atoms with Crippen molar-refractivity contribution in [2.45, 2.75) is 76.5 Å². The van der Waals surface area contributed by atoms with Crippen molar-refractivity contribution in [3.05, 3.63) is 0 Å². The van der Waals surface area contributed by atoms with Crippen LogP contribution in [0, 0.1) is 40.4 Å². The normalized spacial score (nSPS) is 68.4. The highest BCUT2D eigenvalue weighted by molar-refractivity contribution is 5.35. The zero-order valence-electron chi connectivity index (χ0n) is 15.7. The largest absolute Gasteiger partial charge is 0.396 e. The fourth-order valence-electron chi connectivity index (χ4n) is 8.65. The van der Waals surface area contributed by atoms with E-state index in [1.807, 2.05) is 20.8 Å². The summed E-state index contributed by atoms with van der Waals surface area (Å²) in [6, 6.07) is 0. The Morgan fingerprint density at radius 3 is 2.48 bits per heavy atom. The minimum Gasteiger partial charge on any atom is -0.396 e. The summed E-state index contributed by atoms with van der Waals surface area (Å²) in [5.74, 6) is -1.21. The maximum Gasteiger partial charge on any atom is 0.175 e. The Balaban J connectivity index is 1.75. The van der Waals surface area contributed by atoms with Gasteiger partial charge in [0.05, 0.1) is 17.1 Å². The van der Waals surface area contributed by atoms with Crippen LogP contribution in [-0.2, 0) is 4.74 Å². The van der Waals surface area contributed by atoms with Crippen molar-refractivity contribution in [1.82, 2.24) is 0 Å². The number of ether oxygens (including phenoxy) is 1. The molecule has 5 nitrogen and oxygen atoms in total. The first-order valence-corrected chi connectivity index (χ1v) is 9.93. The lowest BCUT2D eigenvalue weighted by atomic mass is 9.43. The maximum absolute atomic E-state index is 12.1. The van der Waals surface area contributed by atoms with Gasteiger partial charge in [0.15, 0.2) is 5.79 Å². The van der Waals surface area contributed by atoms with Crippen molar-refractivity contribution < 1.29 is 25.2 Å². The summed E-state index contributed by atoms with van der Waals surface area (Å²) in [6.07, 6.45) is 2.46. The summed E-state index contributed by atoms with van der Waals surface area (Å²) >= 11 is 0. The van der Waals surface area contributed by atoms with E-state index in [1.165, 1.54) is 0 Å². The van der Waals surface area contributed by atoms with E-state index in [2.05, 4.69) is 6.92 Å². The third-order valence-corrected chi connectivity index (χ3v) is 9.84. The van der Waals surface area contributed by atoms with E-state index in [0.29, 0.717) is 6.42 Å². The summed E-state index contributed by atoms with van der Waals surface area (Å²) in [5.41, 5.74) is -3.06. The van der Waals surface area contributed by atoms with Gasteiger partial charge in [0.2, 0.25) is 0 Å². The van der Waals surface area contributed by atoms with Gasteiger partial charge in [-0.1, -0.05) is 20.8 Å². The second-order valence-electron chi connectivity index (χ2n) is 10.6. The van der Waals surface area contributed by atoms with E-state index < -0.39 is 28.5 Å². The molecular formula is C20H32O5. The predicted molar refractivity (Wildman–Crippen MR) is 90.3 cm³/mol. The molecule has 0 amide bonds. The second-order valence-corrected chi connectivity index (χ2v) is 10.6. The molecule has 5 fully saturated rings. The van der Waals surface area contributed by atoms with Crippen LogP contribution in [0.4, 0.5) is 0 Å².